The maximum atomic E-state index is 11.8. The molecule has 102 valence electrons. The van der Waals surface area contributed by atoms with Crippen molar-refractivity contribution in [2.75, 3.05) is 0 Å². The van der Waals surface area contributed by atoms with Crippen LogP contribution in [0.3, 0.4) is 0 Å². The Kier molecular flexibility index (Phi) is 5.20. The number of nitrogens with zero attached hydrogens (tertiary/aromatic N) is 2. The lowest BCUT2D eigenvalue weighted by Gasteiger charge is -2.36. The predicted molar refractivity (Wildman–Crippen MR) is 64.6 cm³/mol. The Balaban J connectivity index is 5.26. The first-order valence-electron chi connectivity index (χ1n) is 5.43. The zero-order chi connectivity index (χ0) is 14.6. The van der Waals surface area contributed by atoms with Crippen molar-refractivity contribution in [3.8, 4) is 0 Å². The number of amides is 1. The number of carbonyl (C=O) groups is 2. The summed E-state index contributed by atoms with van der Waals surface area (Å²) in [6.07, 6.45) is -1.45. The molecule has 0 saturated carbocycles. The summed E-state index contributed by atoms with van der Waals surface area (Å²) in [5.74, 6) is -0.691. The molecule has 0 radical (unpaired) electrons. The number of carbonyl (C=O) groups excluding carboxylic acids is 1. The molecule has 7 nitrogen and oxygen atoms in total. The fourth-order valence-electron chi connectivity index (χ4n) is 1.42. The van der Waals surface area contributed by atoms with Crippen molar-refractivity contribution in [2.45, 2.75) is 51.9 Å². The third-order valence-corrected chi connectivity index (χ3v) is 2.40. The van der Waals surface area contributed by atoms with Gasteiger partial charge in [0.1, 0.15) is 5.54 Å². The Morgan fingerprint density at radius 3 is 2.22 bits per heavy atom. The number of hydrogen-bond donors (Lipinski definition) is 2. The molecule has 7 heteroatoms. The van der Waals surface area contributed by atoms with Gasteiger partial charge in [0.15, 0.2) is 0 Å². The van der Waals surface area contributed by atoms with Gasteiger partial charge in [0.05, 0.1) is 11.7 Å². The molecular formula is C11H19N3O4. The number of ether oxygens (including phenoxy) is 1. The summed E-state index contributed by atoms with van der Waals surface area (Å²) in [5.41, 5.74) is 6.31. The van der Waals surface area contributed by atoms with Gasteiger partial charge >= 0.3 is 12.3 Å². The van der Waals surface area contributed by atoms with E-state index in [4.69, 9.17) is 15.4 Å². The summed E-state index contributed by atoms with van der Waals surface area (Å²) in [6.45, 7) is 8.31. The standard InChI is InChI=1S/C11H19N3O4/c1-7(18-10(2,3)4)11(5,14-9(16)17)8(15)6-13-12/h6-7,14H,1-5H3,(H,16,17)/t7-,11+/m0/s1. The van der Waals surface area contributed by atoms with Crippen LogP contribution in [0.5, 0.6) is 0 Å². The lowest BCUT2D eigenvalue weighted by Crippen LogP contribution is -2.61. The van der Waals surface area contributed by atoms with Crippen molar-refractivity contribution >= 4 is 18.1 Å². The average Bonchev–Trinajstić information content (AvgIpc) is 2.13. The Morgan fingerprint density at radius 1 is 1.39 bits per heavy atom. The predicted octanol–water partition coefficient (Wildman–Crippen LogP) is 1.09. The van der Waals surface area contributed by atoms with Crippen molar-refractivity contribution < 1.29 is 24.2 Å². The molecule has 1 amide bonds. The van der Waals surface area contributed by atoms with Gasteiger partial charge in [-0.1, -0.05) is 0 Å². The highest BCUT2D eigenvalue weighted by Crippen LogP contribution is 2.20. The second-order valence-electron chi connectivity index (χ2n) is 5.11. The van der Waals surface area contributed by atoms with Crippen LogP contribution in [-0.2, 0) is 9.53 Å². The van der Waals surface area contributed by atoms with E-state index in [0.717, 1.165) is 0 Å². The normalized spacial score (nSPS) is 16.1. The molecule has 0 rings (SSSR count). The maximum Gasteiger partial charge on any atom is 0.405 e. The van der Waals surface area contributed by atoms with E-state index in [2.05, 4.69) is 10.1 Å². The molecule has 0 aliphatic carbocycles. The van der Waals surface area contributed by atoms with Crippen molar-refractivity contribution in [1.29, 1.82) is 0 Å². The minimum absolute atomic E-state index is 0.544. The van der Waals surface area contributed by atoms with E-state index in [1.165, 1.54) is 6.92 Å². The van der Waals surface area contributed by atoms with E-state index < -0.39 is 29.1 Å². The molecule has 0 aromatic rings. The third-order valence-electron chi connectivity index (χ3n) is 2.40. The van der Waals surface area contributed by atoms with Crippen molar-refractivity contribution in [3.63, 3.8) is 0 Å². The van der Waals surface area contributed by atoms with Gasteiger partial charge in [-0.3, -0.25) is 4.79 Å². The van der Waals surface area contributed by atoms with Crippen LogP contribution in [0.4, 0.5) is 4.79 Å². The van der Waals surface area contributed by atoms with E-state index >= 15 is 0 Å². The highest BCUT2D eigenvalue weighted by molar-refractivity contribution is 6.30. The van der Waals surface area contributed by atoms with Crippen LogP contribution < -0.4 is 5.32 Å². The van der Waals surface area contributed by atoms with E-state index in [1.807, 2.05) is 0 Å². The number of Topliss-reactive ketones (excluding diaryl/α,β-unsaturated/α-hetero) is 1. The number of ketones is 1. The molecule has 0 aromatic heterocycles. The second kappa shape index (κ2) is 5.75. The minimum Gasteiger partial charge on any atom is -0.465 e. The molecule has 2 atom stereocenters. The van der Waals surface area contributed by atoms with E-state index in [-0.39, 0.29) is 0 Å². The summed E-state index contributed by atoms with van der Waals surface area (Å²) in [7, 11) is 0. The molecule has 0 aromatic carbocycles. The van der Waals surface area contributed by atoms with Gasteiger partial charge in [-0.15, -0.1) is 0 Å². The molecule has 0 aliphatic heterocycles. The van der Waals surface area contributed by atoms with Crippen LogP contribution in [0.2, 0.25) is 0 Å². The van der Waals surface area contributed by atoms with E-state index in [1.54, 1.807) is 27.7 Å². The Bertz CT molecular complexity index is 382. The van der Waals surface area contributed by atoms with Crippen LogP contribution in [0.15, 0.2) is 0 Å². The molecule has 0 unspecified atom stereocenters. The van der Waals surface area contributed by atoms with E-state index in [9.17, 15) is 9.59 Å². The van der Waals surface area contributed by atoms with Crippen molar-refractivity contribution in [2.24, 2.45) is 0 Å². The first-order valence-corrected chi connectivity index (χ1v) is 5.43. The van der Waals surface area contributed by atoms with Crippen molar-refractivity contribution in [3.05, 3.63) is 5.53 Å². The molecule has 0 fully saturated rings. The lowest BCUT2D eigenvalue weighted by atomic mass is 9.90. The van der Waals surface area contributed by atoms with Gasteiger partial charge in [-0.05, 0) is 34.6 Å². The number of carboxylic acid groups (broad SMARTS) is 1. The summed E-state index contributed by atoms with van der Waals surface area (Å²) in [5, 5.41) is 10.9. The van der Waals surface area contributed by atoms with Gasteiger partial charge in [0.25, 0.3) is 5.78 Å². The fraction of sp³-hybridized carbons (Fsp3) is 0.727. The van der Waals surface area contributed by atoms with Crippen LogP contribution in [0.1, 0.15) is 34.6 Å². The molecule has 0 spiro atoms. The summed E-state index contributed by atoms with van der Waals surface area (Å²) in [4.78, 5) is 25.2. The van der Waals surface area contributed by atoms with Gasteiger partial charge in [-0.2, -0.15) is 4.79 Å². The van der Waals surface area contributed by atoms with E-state index in [0.29, 0.717) is 6.21 Å². The van der Waals surface area contributed by atoms with Gasteiger partial charge in [0.2, 0.25) is 0 Å². The van der Waals surface area contributed by atoms with Crippen LogP contribution >= 0.6 is 0 Å². The fourth-order valence-corrected chi connectivity index (χ4v) is 1.42. The summed E-state index contributed by atoms with van der Waals surface area (Å²) < 4.78 is 5.58. The Hall–Kier alpha value is -1.72. The summed E-state index contributed by atoms with van der Waals surface area (Å²) >= 11 is 0. The zero-order valence-electron chi connectivity index (χ0n) is 11.2. The molecule has 18 heavy (non-hydrogen) atoms. The van der Waals surface area contributed by atoms with Crippen LogP contribution in [0.25, 0.3) is 5.53 Å². The van der Waals surface area contributed by atoms with Gasteiger partial charge < -0.3 is 20.7 Å². The SMILES string of the molecule is C[C@H](OC(C)(C)C)[C@@](C)(NC(=O)O)C(=O)C=[N+]=[N-]. The van der Waals surface area contributed by atoms with Gasteiger partial charge in [0, 0.05) is 0 Å². The first kappa shape index (κ1) is 16.3. The number of hydrogen-bond acceptors (Lipinski definition) is 3. The number of nitrogens with one attached hydrogen (secondary N) is 1. The lowest BCUT2D eigenvalue weighted by molar-refractivity contribution is -0.134. The quantitative estimate of drug-likeness (QED) is 0.436. The molecule has 2 N–H and O–H groups in total. The van der Waals surface area contributed by atoms with Crippen LogP contribution in [-0.4, -0.2) is 45.2 Å². The molecule has 0 aliphatic rings. The molecule has 0 saturated heterocycles. The first-order chi connectivity index (χ1) is 8.03. The monoisotopic (exact) mass is 257 g/mol. The third kappa shape index (κ3) is 4.65. The summed E-state index contributed by atoms with van der Waals surface area (Å²) in [6, 6.07) is 0. The smallest absolute Gasteiger partial charge is 0.405 e. The minimum atomic E-state index is -1.52. The molecule has 0 heterocycles. The second-order valence-corrected chi connectivity index (χ2v) is 5.11. The molecule has 0 bridgehead atoms. The average molecular weight is 257 g/mol. The Labute approximate surface area is 106 Å². The Morgan fingerprint density at radius 2 is 1.89 bits per heavy atom. The van der Waals surface area contributed by atoms with Gasteiger partial charge in [-0.25, -0.2) is 4.79 Å². The highest BCUT2D eigenvalue weighted by Gasteiger charge is 2.43. The molecular weight excluding hydrogens is 238 g/mol. The number of rotatable bonds is 5. The largest absolute Gasteiger partial charge is 0.465 e. The topological polar surface area (TPSA) is 112 Å². The van der Waals surface area contributed by atoms with Crippen LogP contribution in [0, 0.1) is 0 Å². The van der Waals surface area contributed by atoms with Crippen molar-refractivity contribution in [1.82, 2.24) is 5.32 Å². The maximum absolute atomic E-state index is 11.8. The zero-order valence-corrected chi connectivity index (χ0v) is 11.2. The highest BCUT2D eigenvalue weighted by atomic mass is 16.5.